The maximum Gasteiger partial charge on any atom is 0.290 e. The van der Waals surface area contributed by atoms with Crippen LogP contribution in [-0.2, 0) is 10.5 Å². The monoisotopic (exact) mass is 396 g/mol. The van der Waals surface area contributed by atoms with Gasteiger partial charge in [-0.1, -0.05) is 34.1 Å². The molecule has 2 aromatic carbocycles. The predicted molar refractivity (Wildman–Crippen MR) is 96.4 cm³/mol. The van der Waals surface area contributed by atoms with E-state index >= 15 is 0 Å². The van der Waals surface area contributed by atoms with Crippen molar-refractivity contribution in [3.63, 3.8) is 0 Å². The molecule has 23 heavy (non-hydrogen) atoms. The molecule has 7 heteroatoms. The smallest absolute Gasteiger partial charge is 0.290 e. The first kappa shape index (κ1) is 19.1. The minimum Gasteiger partial charge on any atom is -0.496 e. The lowest BCUT2D eigenvalue weighted by atomic mass is 10.2. The van der Waals surface area contributed by atoms with Gasteiger partial charge in [-0.3, -0.25) is 10.2 Å². The Morgan fingerprint density at radius 1 is 1.39 bits per heavy atom. The Bertz CT molecular complexity index is 680. The van der Waals surface area contributed by atoms with Crippen molar-refractivity contribution in [1.82, 2.24) is 0 Å². The lowest BCUT2D eigenvalue weighted by Crippen LogP contribution is -2.12. The fourth-order valence-corrected chi connectivity index (χ4v) is 3.28. The molecular formula is C16H17BrN2O3S. The molecule has 0 atom stereocenters. The van der Waals surface area contributed by atoms with E-state index in [4.69, 9.17) is 25.8 Å². The molecule has 0 spiro atoms. The Balaban J connectivity index is 0.000000816. The summed E-state index contributed by atoms with van der Waals surface area (Å²) in [5.41, 5.74) is 7.47. The lowest BCUT2D eigenvalue weighted by molar-refractivity contribution is -0.122. The molecule has 0 heterocycles. The predicted octanol–water partition coefficient (Wildman–Crippen LogP) is 3.73. The first-order chi connectivity index (χ1) is 11.0. The molecule has 0 fully saturated rings. The lowest BCUT2D eigenvalue weighted by Gasteiger charge is -2.11. The van der Waals surface area contributed by atoms with Gasteiger partial charge in [0, 0.05) is 26.2 Å². The minimum absolute atomic E-state index is 0.0920. The summed E-state index contributed by atoms with van der Waals surface area (Å²) in [5.74, 6) is 1.71. The molecule has 0 unspecified atom stereocenters. The molecule has 0 aliphatic rings. The summed E-state index contributed by atoms with van der Waals surface area (Å²) in [4.78, 5) is 9.36. The van der Waals surface area contributed by atoms with E-state index in [0.717, 1.165) is 32.0 Å². The summed E-state index contributed by atoms with van der Waals surface area (Å²) in [5, 5.41) is 14.5. The number of hydrogen-bond donors (Lipinski definition) is 3. The van der Waals surface area contributed by atoms with Crippen molar-refractivity contribution in [2.24, 2.45) is 5.73 Å². The van der Waals surface area contributed by atoms with E-state index in [1.165, 1.54) is 0 Å². The highest BCUT2D eigenvalue weighted by Crippen LogP contribution is 2.31. The van der Waals surface area contributed by atoms with Crippen molar-refractivity contribution in [3.8, 4) is 5.75 Å². The Labute approximate surface area is 147 Å². The van der Waals surface area contributed by atoms with Crippen LogP contribution in [0.4, 0.5) is 0 Å². The van der Waals surface area contributed by atoms with Gasteiger partial charge in [-0.25, -0.2) is 0 Å². The van der Waals surface area contributed by atoms with E-state index in [-0.39, 0.29) is 12.3 Å². The zero-order chi connectivity index (χ0) is 17.2. The summed E-state index contributed by atoms with van der Waals surface area (Å²) >= 11 is 5.12. The number of halogens is 1. The van der Waals surface area contributed by atoms with E-state index in [9.17, 15) is 0 Å². The van der Waals surface area contributed by atoms with Gasteiger partial charge in [0.25, 0.3) is 6.47 Å². The van der Waals surface area contributed by atoms with Crippen LogP contribution in [0.3, 0.4) is 0 Å². The molecule has 0 aliphatic heterocycles. The Morgan fingerprint density at radius 3 is 2.65 bits per heavy atom. The van der Waals surface area contributed by atoms with E-state index in [2.05, 4.69) is 15.9 Å². The summed E-state index contributed by atoms with van der Waals surface area (Å²) in [7, 11) is 1.67. The topological polar surface area (TPSA) is 96.4 Å². The summed E-state index contributed by atoms with van der Waals surface area (Å²) in [6.45, 7) is -0.250. The third kappa shape index (κ3) is 5.96. The fraction of sp³-hybridized carbons (Fsp3) is 0.125. The van der Waals surface area contributed by atoms with Crippen LogP contribution >= 0.6 is 27.7 Å². The van der Waals surface area contributed by atoms with Crippen LogP contribution in [0.25, 0.3) is 0 Å². The highest BCUT2D eigenvalue weighted by molar-refractivity contribution is 9.10. The molecule has 0 saturated heterocycles. The van der Waals surface area contributed by atoms with Crippen LogP contribution in [0, 0.1) is 5.41 Å². The number of thioether (sulfide) groups is 1. The number of rotatable bonds is 5. The number of nitrogens with two attached hydrogens (primary N) is 1. The molecule has 0 aromatic heterocycles. The van der Waals surface area contributed by atoms with Crippen LogP contribution < -0.4 is 10.5 Å². The van der Waals surface area contributed by atoms with E-state index in [1.54, 1.807) is 18.9 Å². The number of nitrogens with one attached hydrogen (secondary N) is 1. The number of hydrogen-bond acceptors (Lipinski definition) is 4. The van der Waals surface area contributed by atoms with E-state index in [0.29, 0.717) is 0 Å². The number of amidine groups is 1. The van der Waals surface area contributed by atoms with E-state index < -0.39 is 0 Å². The molecule has 0 bridgehead atoms. The van der Waals surface area contributed by atoms with Crippen molar-refractivity contribution < 1.29 is 14.6 Å². The average molecular weight is 397 g/mol. The van der Waals surface area contributed by atoms with Gasteiger partial charge in [-0.15, -0.1) is 11.8 Å². The summed E-state index contributed by atoms with van der Waals surface area (Å²) < 4.78 is 6.39. The molecule has 0 radical (unpaired) electrons. The Morgan fingerprint density at radius 2 is 2.04 bits per heavy atom. The van der Waals surface area contributed by atoms with Gasteiger partial charge in [-0.05, 0) is 24.3 Å². The van der Waals surface area contributed by atoms with Crippen LogP contribution in [0.1, 0.15) is 11.1 Å². The SMILES string of the molecule is COc1ccc(Br)cc1CSc1ccccc1C(=N)N.O=CO. The highest BCUT2D eigenvalue weighted by atomic mass is 79.9. The van der Waals surface area contributed by atoms with Gasteiger partial charge in [0.05, 0.1) is 7.11 Å². The Kier molecular flexibility index (Phi) is 8.21. The number of carbonyl (C=O) groups is 1. The van der Waals surface area contributed by atoms with Crippen LogP contribution in [0.5, 0.6) is 5.75 Å². The van der Waals surface area contributed by atoms with Gasteiger partial charge < -0.3 is 15.6 Å². The van der Waals surface area contributed by atoms with Gasteiger partial charge >= 0.3 is 0 Å². The zero-order valence-corrected chi connectivity index (χ0v) is 14.9. The molecule has 0 aliphatic carbocycles. The third-order valence-corrected chi connectivity index (χ3v) is 4.42. The van der Waals surface area contributed by atoms with Crippen LogP contribution in [0.2, 0.25) is 0 Å². The second-order valence-corrected chi connectivity index (χ2v) is 6.19. The molecule has 5 nitrogen and oxygen atoms in total. The van der Waals surface area contributed by atoms with Crippen LogP contribution in [-0.4, -0.2) is 24.5 Å². The molecule has 122 valence electrons. The van der Waals surface area contributed by atoms with Crippen molar-refractivity contribution >= 4 is 40.0 Å². The first-order valence-corrected chi connectivity index (χ1v) is 8.27. The molecule has 2 aromatic rings. The first-order valence-electron chi connectivity index (χ1n) is 6.50. The van der Waals surface area contributed by atoms with Crippen molar-refractivity contribution in [3.05, 3.63) is 58.1 Å². The average Bonchev–Trinajstić information content (AvgIpc) is 2.54. The molecule has 0 saturated carbocycles. The molecule has 4 N–H and O–H groups in total. The zero-order valence-electron chi connectivity index (χ0n) is 12.5. The molecular weight excluding hydrogens is 380 g/mol. The number of ether oxygens (including phenoxy) is 1. The van der Waals surface area contributed by atoms with Gasteiger partial charge in [-0.2, -0.15) is 0 Å². The van der Waals surface area contributed by atoms with Gasteiger partial charge in [0.2, 0.25) is 0 Å². The largest absolute Gasteiger partial charge is 0.496 e. The summed E-state index contributed by atoms with van der Waals surface area (Å²) in [6.07, 6.45) is 0. The fourth-order valence-electron chi connectivity index (χ4n) is 1.83. The normalized spacial score (nSPS) is 9.48. The van der Waals surface area contributed by atoms with Gasteiger partial charge in [0.1, 0.15) is 11.6 Å². The number of nitrogen functional groups attached to an aromatic ring is 1. The number of methoxy groups -OCH3 is 1. The maximum absolute atomic E-state index is 8.36. The minimum atomic E-state index is -0.250. The molecule has 2 rings (SSSR count). The number of benzene rings is 2. The van der Waals surface area contributed by atoms with E-state index in [1.807, 2.05) is 42.5 Å². The van der Waals surface area contributed by atoms with Crippen LogP contribution in [0.15, 0.2) is 51.8 Å². The maximum atomic E-state index is 8.36. The highest BCUT2D eigenvalue weighted by Gasteiger charge is 2.08. The van der Waals surface area contributed by atoms with Crippen molar-refractivity contribution in [1.29, 1.82) is 5.41 Å². The third-order valence-electron chi connectivity index (χ3n) is 2.80. The van der Waals surface area contributed by atoms with Crippen molar-refractivity contribution in [2.45, 2.75) is 10.6 Å². The van der Waals surface area contributed by atoms with Gasteiger partial charge in [0.15, 0.2) is 0 Å². The Hall–Kier alpha value is -1.99. The van der Waals surface area contributed by atoms with Crippen molar-refractivity contribution in [2.75, 3.05) is 7.11 Å². The number of carboxylic acid groups (broad SMARTS) is 1. The second-order valence-electron chi connectivity index (χ2n) is 4.26. The second kappa shape index (κ2) is 9.91. The standard InChI is InChI=1S/C15H15BrN2OS.CH2O2/c1-19-13-7-6-11(16)8-10(13)9-20-14-5-3-2-4-12(14)15(17)18;2-1-3/h2-8H,9H2,1H3,(H3,17,18);1H,(H,2,3). The molecule has 0 amide bonds. The quantitative estimate of drug-likeness (QED) is 0.309. The summed E-state index contributed by atoms with van der Waals surface area (Å²) in [6, 6.07) is 13.6.